The fourth-order valence-electron chi connectivity index (χ4n) is 2.09. The minimum Gasteiger partial charge on any atom is -0.345 e. The Bertz CT molecular complexity index is 665. The number of hydrogen-bond donors (Lipinski definition) is 0. The molecule has 0 heterocycles. The van der Waals surface area contributed by atoms with Crippen molar-refractivity contribution in [3.63, 3.8) is 0 Å². The number of hydrogen-bond acceptors (Lipinski definition) is 2. The lowest BCUT2D eigenvalue weighted by molar-refractivity contribution is -0.137. The van der Waals surface area contributed by atoms with Gasteiger partial charge in [-0.05, 0) is 42.8 Å². The molecule has 0 spiro atoms. The predicted molar refractivity (Wildman–Crippen MR) is 76.1 cm³/mol. The van der Waals surface area contributed by atoms with Crippen molar-refractivity contribution >= 4 is 17.7 Å². The van der Waals surface area contributed by atoms with E-state index in [0.717, 1.165) is 17.3 Å². The molecule has 0 bridgehead atoms. The van der Waals surface area contributed by atoms with E-state index in [4.69, 9.17) is 0 Å². The van der Waals surface area contributed by atoms with Crippen molar-refractivity contribution in [3.05, 3.63) is 59.2 Å². The first-order chi connectivity index (χ1) is 9.82. The first kappa shape index (κ1) is 15.1. The van der Waals surface area contributed by atoms with Crippen LogP contribution in [0, 0.1) is 6.92 Å². The second kappa shape index (κ2) is 5.60. The maximum absolute atomic E-state index is 13.0. The molecule has 0 atom stereocenters. The highest BCUT2D eigenvalue weighted by Gasteiger charge is 2.33. The van der Waals surface area contributed by atoms with Gasteiger partial charge in [-0.1, -0.05) is 12.1 Å². The first-order valence-electron chi connectivity index (χ1n) is 6.30. The zero-order valence-corrected chi connectivity index (χ0v) is 11.6. The molecular weight excluding hydrogens is 279 g/mol. The summed E-state index contributed by atoms with van der Waals surface area (Å²) in [5.41, 5.74) is 0.888. The number of aldehydes is 1. The van der Waals surface area contributed by atoms with Crippen LogP contribution in [0.1, 0.15) is 21.5 Å². The molecule has 2 rings (SSSR count). The Kier molecular flexibility index (Phi) is 4.02. The van der Waals surface area contributed by atoms with Crippen LogP contribution in [0.3, 0.4) is 0 Å². The van der Waals surface area contributed by atoms with Gasteiger partial charge < -0.3 is 4.90 Å². The van der Waals surface area contributed by atoms with Gasteiger partial charge in [-0.3, -0.25) is 4.79 Å². The molecule has 0 aliphatic carbocycles. The van der Waals surface area contributed by atoms with Gasteiger partial charge in [-0.15, -0.1) is 0 Å². The molecule has 0 saturated heterocycles. The molecule has 0 saturated carbocycles. The molecule has 0 unspecified atom stereocenters. The second-order valence-electron chi connectivity index (χ2n) is 4.79. The molecule has 0 aliphatic rings. The average molecular weight is 293 g/mol. The van der Waals surface area contributed by atoms with Crippen LogP contribution in [0.5, 0.6) is 0 Å². The average Bonchev–Trinajstić information content (AvgIpc) is 2.45. The van der Waals surface area contributed by atoms with Crippen molar-refractivity contribution in [2.75, 3.05) is 11.9 Å². The van der Waals surface area contributed by atoms with Gasteiger partial charge in [0.15, 0.2) is 6.29 Å². The van der Waals surface area contributed by atoms with E-state index in [1.807, 2.05) is 31.2 Å². The summed E-state index contributed by atoms with van der Waals surface area (Å²) in [6.45, 7) is 1.91. The maximum atomic E-state index is 13.0. The molecule has 2 nitrogen and oxygen atoms in total. The van der Waals surface area contributed by atoms with E-state index >= 15 is 0 Å². The van der Waals surface area contributed by atoms with Gasteiger partial charge in [0.25, 0.3) is 0 Å². The number of carbonyl (C=O) groups excluding carboxylic acids is 1. The number of nitrogens with zero attached hydrogens (tertiary/aromatic N) is 1. The SMILES string of the molecule is Cc1cccc(N(C)c2ccc(C=O)c(C(F)(F)F)c2)c1. The van der Waals surface area contributed by atoms with Crippen LogP contribution in [0.2, 0.25) is 0 Å². The Hall–Kier alpha value is -2.30. The Labute approximate surface area is 120 Å². The smallest absolute Gasteiger partial charge is 0.345 e. The third kappa shape index (κ3) is 3.24. The van der Waals surface area contributed by atoms with Crippen molar-refractivity contribution in [1.29, 1.82) is 0 Å². The summed E-state index contributed by atoms with van der Waals surface area (Å²) >= 11 is 0. The van der Waals surface area contributed by atoms with Gasteiger partial charge in [0.1, 0.15) is 0 Å². The number of aryl methyl sites for hydroxylation is 1. The summed E-state index contributed by atoms with van der Waals surface area (Å²) in [7, 11) is 1.69. The van der Waals surface area contributed by atoms with Crippen LogP contribution in [0.15, 0.2) is 42.5 Å². The number of anilines is 2. The maximum Gasteiger partial charge on any atom is 0.417 e. The lowest BCUT2D eigenvalue weighted by atomic mass is 10.1. The molecule has 110 valence electrons. The van der Waals surface area contributed by atoms with Crippen LogP contribution in [0.4, 0.5) is 24.5 Å². The standard InChI is InChI=1S/C16H14F3NO/c1-11-4-3-5-13(8-11)20(2)14-7-6-12(10-21)15(9-14)16(17,18)19/h3-10H,1-2H3. The molecule has 0 radical (unpaired) electrons. The van der Waals surface area contributed by atoms with E-state index in [1.54, 1.807) is 11.9 Å². The van der Waals surface area contributed by atoms with Crippen molar-refractivity contribution in [1.82, 2.24) is 0 Å². The van der Waals surface area contributed by atoms with Crippen molar-refractivity contribution < 1.29 is 18.0 Å². The summed E-state index contributed by atoms with van der Waals surface area (Å²) in [6.07, 6.45) is -4.33. The highest BCUT2D eigenvalue weighted by molar-refractivity contribution is 5.79. The molecule has 0 N–H and O–H groups in total. The van der Waals surface area contributed by atoms with E-state index < -0.39 is 11.7 Å². The largest absolute Gasteiger partial charge is 0.417 e. The van der Waals surface area contributed by atoms with Crippen LogP contribution >= 0.6 is 0 Å². The molecule has 21 heavy (non-hydrogen) atoms. The Morgan fingerprint density at radius 1 is 1.05 bits per heavy atom. The summed E-state index contributed by atoms with van der Waals surface area (Å²) in [5.74, 6) is 0. The number of rotatable bonds is 3. The van der Waals surface area contributed by atoms with Crippen molar-refractivity contribution in [3.8, 4) is 0 Å². The summed E-state index contributed by atoms with van der Waals surface area (Å²) in [4.78, 5) is 12.4. The fraction of sp³-hybridized carbons (Fsp3) is 0.188. The minimum absolute atomic E-state index is 0.221. The lowest BCUT2D eigenvalue weighted by Crippen LogP contribution is -2.14. The number of halogens is 3. The van der Waals surface area contributed by atoms with Crippen molar-refractivity contribution in [2.45, 2.75) is 13.1 Å². The highest BCUT2D eigenvalue weighted by atomic mass is 19.4. The van der Waals surface area contributed by atoms with Crippen molar-refractivity contribution in [2.24, 2.45) is 0 Å². The van der Waals surface area contributed by atoms with Crippen LogP contribution < -0.4 is 4.90 Å². The highest BCUT2D eigenvalue weighted by Crippen LogP contribution is 2.35. The van der Waals surface area contributed by atoms with Gasteiger partial charge in [-0.25, -0.2) is 0 Å². The molecule has 0 amide bonds. The van der Waals surface area contributed by atoms with E-state index in [9.17, 15) is 18.0 Å². The summed E-state index contributed by atoms with van der Waals surface area (Å²) in [6, 6.07) is 11.1. The molecule has 2 aromatic carbocycles. The third-order valence-electron chi connectivity index (χ3n) is 3.25. The summed E-state index contributed by atoms with van der Waals surface area (Å²) in [5, 5.41) is 0. The summed E-state index contributed by atoms with van der Waals surface area (Å²) < 4.78 is 38.9. The molecule has 0 aliphatic heterocycles. The Balaban J connectivity index is 2.47. The molecule has 0 fully saturated rings. The van der Waals surface area contributed by atoms with E-state index in [2.05, 4.69) is 0 Å². The topological polar surface area (TPSA) is 20.3 Å². The minimum atomic E-state index is -4.56. The zero-order chi connectivity index (χ0) is 15.6. The van der Waals surface area contributed by atoms with E-state index in [1.165, 1.54) is 12.1 Å². The quantitative estimate of drug-likeness (QED) is 0.771. The van der Waals surface area contributed by atoms with Crippen LogP contribution in [-0.4, -0.2) is 13.3 Å². The van der Waals surface area contributed by atoms with Gasteiger partial charge in [-0.2, -0.15) is 13.2 Å². The normalized spacial score (nSPS) is 11.3. The third-order valence-corrected chi connectivity index (χ3v) is 3.25. The van der Waals surface area contributed by atoms with Crippen LogP contribution in [-0.2, 0) is 6.18 Å². The predicted octanol–water partition coefficient (Wildman–Crippen LogP) is 4.59. The van der Waals surface area contributed by atoms with Gasteiger partial charge in [0, 0.05) is 24.0 Å². The van der Waals surface area contributed by atoms with Gasteiger partial charge >= 0.3 is 6.18 Å². The second-order valence-corrected chi connectivity index (χ2v) is 4.79. The molecule has 2 aromatic rings. The van der Waals surface area contributed by atoms with E-state index in [-0.39, 0.29) is 11.8 Å². The van der Waals surface area contributed by atoms with Gasteiger partial charge in [0.05, 0.1) is 5.56 Å². The molecular formula is C16H14F3NO. The fourth-order valence-corrected chi connectivity index (χ4v) is 2.09. The molecule has 5 heteroatoms. The first-order valence-corrected chi connectivity index (χ1v) is 6.30. The Morgan fingerprint density at radius 2 is 1.71 bits per heavy atom. The monoisotopic (exact) mass is 293 g/mol. The Morgan fingerprint density at radius 3 is 2.29 bits per heavy atom. The molecule has 0 aromatic heterocycles. The van der Waals surface area contributed by atoms with E-state index in [0.29, 0.717) is 5.69 Å². The number of alkyl halides is 3. The number of benzene rings is 2. The van der Waals surface area contributed by atoms with Crippen LogP contribution in [0.25, 0.3) is 0 Å². The van der Waals surface area contributed by atoms with Gasteiger partial charge in [0.2, 0.25) is 0 Å². The zero-order valence-electron chi connectivity index (χ0n) is 11.6. The number of carbonyl (C=O) groups is 1. The lowest BCUT2D eigenvalue weighted by Gasteiger charge is -2.21.